The predicted molar refractivity (Wildman–Crippen MR) is 124 cm³/mol. The summed E-state index contributed by atoms with van der Waals surface area (Å²) in [4.78, 5) is 28.8. The molecule has 0 aliphatic carbocycles. The van der Waals surface area contributed by atoms with Crippen LogP contribution in [-0.4, -0.2) is 50.3 Å². The largest absolute Gasteiger partial charge is 0.452 e. The number of esters is 1. The molecule has 0 atom stereocenters. The zero-order valence-corrected chi connectivity index (χ0v) is 19.8. The number of nitrogens with zero attached hydrogens (tertiary/aromatic N) is 2. The number of halogens is 1. The van der Waals surface area contributed by atoms with E-state index < -0.39 is 28.5 Å². The third-order valence-electron chi connectivity index (χ3n) is 4.37. The Kier molecular flexibility index (Phi) is 7.29. The van der Waals surface area contributed by atoms with Crippen LogP contribution < -0.4 is 5.32 Å². The number of nitrogens with one attached hydrogen (secondary N) is 1. The first-order valence-electron chi connectivity index (χ1n) is 9.29. The van der Waals surface area contributed by atoms with Gasteiger partial charge in [0, 0.05) is 25.0 Å². The summed E-state index contributed by atoms with van der Waals surface area (Å²) in [6, 6.07) is 11.5. The van der Waals surface area contributed by atoms with Gasteiger partial charge >= 0.3 is 5.97 Å². The molecule has 3 rings (SSSR count). The van der Waals surface area contributed by atoms with E-state index in [-0.39, 0.29) is 15.5 Å². The lowest BCUT2D eigenvalue weighted by atomic mass is 10.1. The van der Waals surface area contributed by atoms with Crippen LogP contribution in [-0.2, 0) is 19.6 Å². The zero-order chi connectivity index (χ0) is 23.5. The van der Waals surface area contributed by atoms with Crippen molar-refractivity contribution in [2.45, 2.75) is 11.8 Å². The van der Waals surface area contributed by atoms with Crippen molar-refractivity contribution in [2.75, 3.05) is 26.0 Å². The van der Waals surface area contributed by atoms with Crippen LogP contribution in [0, 0.1) is 6.92 Å². The molecular weight excluding hydrogens is 474 g/mol. The SMILES string of the molecule is Cc1ccc(-c2csc(NC(=O)COC(=O)c3cc(S(=O)(=O)N(C)C)ccc3Cl)n2)cc1. The Morgan fingerprint density at radius 2 is 1.84 bits per heavy atom. The van der Waals surface area contributed by atoms with Crippen LogP contribution in [0.4, 0.5) is 5.13 Å². The number of anilines is 1. The average molecular weight is 494 g/mol. The van der Waals surface area contributed by atoms with Gasteiger partial charge < -0.3 is 4.74 Å². The smallest absolute Gasteiger partial charge is 0.340 e. The lowest BCUT2D eigenvalue weighted by Gasteiger charge is -2.13. The number of carbonyl (C=O) groups is 2. The second-order valence-electron chi connectivity index (χ2n) is 6.96. The Bertz CT molecular complexity index is 1250. The normalized spacial score (nSPS) is 11.4. The molecule has 8 nitrogen and oxygen atoms in total. The summed E-state index contributed by atoms with van der Waals surface area (Å²) in [6.07, 6.45) is 0. The Morgan fingerprint density at radius 1 is 1.16 bits per heavy atom. The number of hydrogen-bond acceptors (Lipinski definition) is 7. The highest BCUT2D eigenvalue weighted by molar-refractivity contribution is 7.89. The van der Waals surface area contributed by atoms with Crippen molar-refractivity contribution in [2.24, 2.45) is 0 Å². The molecule has 0 saturated carbocycles. The molecule has 168 valence electrons. The van der Waals surface area contributed by atoms with Crippen molar-refractivity contribution in [3.63, 3.8) is 0 Å². The van der Waals surface area contributed by atoms with Gasteiger partial charge in [-0.05, 0) is 25.1 Å². The highest BCUT2D eigenvalue weighted by atomic mass is 35.5. The van der Waals surface area contributed by atoms with Crippen molar-refractivity contribution in [1.82, 2.24) is 9.29 Å². The molecule has 0 bridgehead atoms. The van der Waals surface area contributed by atoms with Gasteiger partial charge in [0.15, 0.2) is 11.7 Å². The van der Waals surface area contributed by atoms with Crippen molar-refractivity contribution in [3.8, 4) is 11.3 Å². The standard InChI is InChI=1S/C21H20ClN3O5S2/c1-13-4-6-14(7-5-13)18-12-31-21(23-18)24-19(26)11-30-20(27)16-10-15(8-9-17(16)22)32(28,29)25(2)3/h4-10,12H,11H2,1-3H3,(H,23,24,26). The maximum atomic E-state index is 12.4. The minimum atomic E-state index is -3.76. The highest BCUT2D eigenvalue weighted by Gasteiger charge is 2.22. The van der Waals surface area contributed by atoms with Crippen LogP contribution in [0.25, 0.3) is 11.3 Å². The molecule has 0 aliphatic rings. The van der Waals surface area contributed by atoms with Crippen LogP contribution in [0.2, 0.25) is 5.02 Å². The van der Waals surface area contributed by atoms with Gasteiger partial charge in [-0.15, -0.1) is 11.3 Å². The minimum Gasteiger partial charge on any atom is -0.452 e. The fraction of sp³-hybridized carbons (Fsp3) is 0.190. The molecule has 0 fully saturated rings. The molecule has 0 unspecified atom stereocenters. The second kappa shape index (κ2) is 9.78. The number of amides is 1. The molecule has 1 heterocycles. The molecule has 0 saturated heterocycles. The van der Waals surface area contributed by atoms with Crippen LogP contribution in [0.3, 0.4) is 0 Å². The number of hydrogen-bond donors (Lipinski definition) is 1. The maximum Gasteiger partial charge on any atom is 0.340 e. The van der Waals surface area contributed by atoms with Gasteiger partial charge in [0.05, 0.1) is 21.2 Å². The van der Waals surface area contributed by atoms with E-state index in [0.717, 1.165) is 21.5 Å². The van der Waals surface area contributed by atoms with Crippen molar-refractivity contribution >= 4 is 50.0 Å². The number of sulfonamides is 1. The number of aromatic nitrogens is 1. The molecule has 32 heavy (non-hydrogen) atoms. The summed E-state index contributed by atoms with van der Waals surface area (Å²) in [7, 11) is -1.02. The summed E-state index contributed by atoms with van der Waals surface area (Å²) in [5.41, 5.74) is 2.61. The summed E-state index contributed by atoms with van der Waals surface area (Å²) in [5.74, 6) is -1.50. The quantitative estimate of drug-likeness (QED) is 0.501. The Morgan fingerprint density at radius 3 is 2.50 bits per heavy atom. The van der Waals surface area contributed by atoms with Crippen LogP contribution in [0.5, 0.6) is 0 Å². The van der Waals surface area contributed by atoms with E-state index in [1.807, 2.05) is 36.6 Å². The molecule has 0 spiro atoms. The van der Waals surface area contributed by atoms with Gasteiger partial charge in [-0.1, -0.05) is 41.4 Å². The third kappa shape index (κ3) is 5.52. The van der Waals surface area contributed by atoms with E-state index in [9.17, 15) is 18.0 Å². The van der Waals surface area contributed by atoms with Crippen LogP contribution in [0.15, 0.2) is 52.7 Å². The minimum absolute atomic E-state index is 0.00998. The molecule has 3 aromatic rings. The Labute approximate surface area is 194 Å². The summed E-state index contributed by atoms with van der Waals surface area (Å²) in [6.45, 7) is 1.40. The fourth-order valence-electron chi connectivity index (χ4n) is 2.58. The summed E-state index contributed by atoms with van der Waals surface area (Å²) < 4.78 is 30.6. The van der Waals surface area contributed by atoms with E-state index >= 15 is 0 Å². The van der Waals surface area contributed by atoms with E-state index in [4.69, 9.17) is 16.3 Å². The summed E-state index contributed by atoms with van der Waals surface area (Å²) >= 11 is 7.26. The van der Waals surface area contributed by atoms with E-state index in [2.05, 4.69) is 10.3 Å². The lowest BCUT2D eigenvalue weighted by Crippen LogP contribution is -2.23. The third-order valence-corrected chi connectivity index (χ3v) is 7.27. The van der Waals surface area contributed by atoms with Crippen LogP contribution in [0.1, 0.15) is 15.9 Å². The van der Waals surface area contributed by atoms with Gasteiger partial charge in [-0.2, -0.15) is 0 Å². The van der Waals surface area contributed by atoms with Crippen LogP contribution >= 0.6 is 22.9 Å². The van der Waals surface area contributed by atoms with E-state index in [1.165, 1.54) is 37.6 Å². The number of carbonyl (C=O) groups excluding carboxylic acids is 2. The fourth-order valence-corrected chi connectivity index (χ4v) is 4.44. The zero-order valence-electron chi connectivity index (χ0n) is 17.5. The first kappa shape index (κ1) is 23.9. The number of rotatable bonds is 7. The van der Waals surface area contributed by atoms with Crippen molar-refractivity contribution in [3.05, 3.63) is 64.0 Å². The number of aryl methyl sites for hydroxylation is 1. The molecular formula is C21H20ClN3O5S2. The van der Waals surface area contributed by atoms with Gasteiger partial charge in [-0.3, -0.25) is 10.1 Å². The molecule has 2 aromatic carbocycles. The topological polar surface area (TPSA) is 106 Å². The lowest BCUT2D eigenvalue weighted by molar-refractivity contribution is -0.119. The Balaban J connectivity index is 1.63. The first-order valence-corrected chi connectivity index (χ1v) is 12.0. The van der Waals surface area contributed by atoms with Gasteiger partial charge in [0.2, 0.25) is 10.0 Å². The van der Waals surface area contributed by atoms with Gasteiger partial charge in [0.1, 0.15) is 0 Å². The molecule has 11 heteroatoms. The Hall–Kier alpha value is -2.79. The number of ether oxygens (including phenoxy) is 1. The predicted octanol–water partition coefficient (Wildman–Crippen LogP) is 3.82. The average Bonchev–Trinajstić information content (AvgIpc) is 3.21. The molecule has 1 amide bonds. The monoisotopic (exact) mass is 493 g/mol. The number of benzene rings is 2. The van der Waals surface area contributed by atoms with E-state index in [0.29, 0.717) is 10.8 Å². The van der Waals surface area contributed by atoms with Crippen molar-refractivity contribution < 1.29 is 22.7 Å². The highest BCUT2D eigenvalue weighted by Crippen LogP contribution is 2.25. The molecule has 1 N–H and O–H groups in total. The molecule has 1 aromatic heterocycles. The van der Waals surface area contributed by atoms with E-state index in [1.54, 1.807) is 0 Å². The summed E-state index contributed by atoms with van der Waals surface area (Å²) in [5, 5.41) is 4.75. The maximum absolute atomic E-state index is 12.4. The second-order valence-corrected chi connectivity index (χ2v) is 10.4. The molecule has 0 radical (unpaired) electrons. The van der Waals surface area contributed by atoms with Gasteiger partial charge in [-0.25, -0.2) is 22.5 Å². The first-order chi connectivity index (χ1) is 15.1. The van der Waals surface area contributed by atoms with Crippen molar-refractivity contribution in [1.29, 1.82) is 0 Å². The van der Waals surface area contributed by atoms with Gasteiger partial charge in [0.25, 0.3) is 5.91 Å². The number of thiazole rings is 1. The molecule has 0 aliphatic heterocycles.